The summed E-state index contributed by atoms with van der Waals surface area (Å²) >= 11 is 0. The summed E-state index contributed by atoms with van der Waals surface area (Å²) < 4.78 is 17.1. The van der Waals surface area contributed by atoms with Crippen LogP contribution < -0.4 is 26.6 Å². The molecule has 1 aliphatic carbocycles. The first-order valence-corrected chi connectivity index (χ1v) is 22.7. The van der Waals surface area contributed by atoms with E-state index in [1.807, 2.05) is 48.5 Å². The van der Waals surface area contributed by atoms with Gasteiger partial charge in [0.2, 0.25) is 23.6 Å². The van der Waals surface area contributed by atoms with Gasteiger partial charge in [0.05, 0.1) is 26.4 Å². The van der Waals surface area contributed by atoms with Gasteiger partial charge in [-0.05, 0) is 17.7 Å². The quantitative estimate of drug-likeness (QED) is 0.0423. The highest BCUT2D eigenvalue weighted by Crippen LogP contribution is 2.28. The highest BCUT2D eigenvalue weighted by atomic mass is 16.6. The van der Waals surface area contributed by atoms with Crippen LogP contribution in [0.5, 0.6) is 0 Å². The van der Waals surface area contributed by atoms with Gasteiger partial charge in [-0.15, -0.1) is 0 Å². The molecule has 0 saturated heterocycles. The van der Waals surface area contributed by atoms with Gasteiger partial charge >= 0.3 is 6.09 Å². The van der Waals surface area contributed by atoms with Crippen LogP contribution in [0.3, 0.4) is 0 Å². The van der Waals surface area contributed by atoms with Gasteiger partial charge in [0, 0.05) is 131 Å². The van der Waals surface area contributed by atoms with Gasteiger partial charge in [0.15, 0.2) is 0 Å². The molecule has 0 saturated carbocycles. The second kappa shape index (κ2) is 25.4. The Hall–Kier alpha value is -8.29. The van der Waals surface area contributed by atoms with Crippen LogP contribution in [0.1, 0.15) is 47.6 Å². The van der Waals surface area contributed by atoms with Crippen molar-refractivity contribution in [3.05, 3.63) is 107 Å². The maximum atomic E-state index is 14.2. The number of alkyl carbamates (subject to hydrolysis) is 1. The normalized spacial score (nSPS) is 15.7. The van der Waals surface area contributed by atoms with E-state index in [0.29, 0.717) is 6.42 Å². The molecule has 71 heavy (non-hydrogen) atoms. The average molecular weight is 977 g/mol. The van der Waals surface area contributed by atoms with E-state index >= 15 is 0 Å². The largest absolute Gasteiger partial charge is 0.441 e. The van der Waals surface area contributed by atoms with Crippen molar-refractivity contribution in [2.75, 3.05) is 78.8 Å². The molecule has 22 nitrogen and oxygen atoms in total. The molecule has 5 N–H and O–H groups in total. The number of hydrogen-bond donors (Lipinski definition) is 5. The van der Waals surface area contributed by atoms with Gasteiger partial charge in [-0.3, -0.25) is 62.6 Å². The number of carbonyl (C=O) groups excluding carboxylic acids is 11. The third-order valence-electron chi connectivity index (χ3n) is 11.5. The van der Waals surface area contributed by atoms with E-state index < -0.39 is 96.3 Å². The van der Waals surface area contributed by atoms with Crippen LogP contribution in [0, 0.1) is 17.3 Å². The molecule has 11 amide bonds. The first kappa shape index (κ1) is 52.1. The lowest BCUT2D eigenvalue weighted by atomic mass is 9.85. The number of benzene rings is 2. The molecular formula is C49H52N8O14. The summed E-state index contributed by atoms with van der Waals surface area (Å²) in [4.78, 5) is 141. The van der Waals surface area contributed by atoms with E-state index in [2.05, 4.69) is 38.4 Å². The minimum atomic E-state index is -1.84. The monoisotopic (exact) mass is 976 g/mol. The molecule has 0 unspecified atom stereocenters. The van der Waals surface area contributed by atoms with Gasteiger partial charge < -0.3 is 40.8 Å². The molecule has 0 aromatic heterocycles. The van der Waals surface area contributed by atoms with Crippen molar-refractivity contribution in [1.82, 2.24) is 41.3 Å². The third kappa shape index (κ3) is 14.9. The number of rotatable bonds is 26. The van der Waals surface area contributed by atoms with Crippen molar-refractivity contribution in [2.24, 2.45) is 5.41 Å². The van der Waals surface area contributed by atoms with E-state index in [9.17, 15) is 52.7 Å². The molecule has 372 valence electrons. The number of nitrogens with zero attached hydrogens (tertiary/aromatic N) is 3. The zero-order chi connectivity index (χ0) is 50.8. The lowest BCUT2D eigenvalue weighted by molar-refractivity contribution is -0.139. The Morgan fingerprint density at radius 2 is 0.930 bits per heavy atom. The molecule has 2 aromatic carbocycles. The maximum Gasteiger partial charge on any atom is 0.407 e. The summed E-state index contributed by atoms with van der Waals surface area (Å²) in [5.74, 6) is -0.131. The number of amides is 11. The Morgan fingerprint density at radius 1 is 0.521 bits per heavy atom. The summed E-state index contributed by atoms with van der Waals surface area (Å²) in [6, 6.07) is 15.2. The van der Waals surface area contributed by atoms with Crippen molar-refractivity contribution in [3.63, 3.8) is 0 Å². The Labute approximate surface area is 407 Å². The molecule has 0 bridgehead atoms. The highest BCUT2D eigenvalue weighted by Gasteiger charge is 2.40. The molecule has 0 spiro atoms. The zero-order valence-electron chi connectivity index (χ0n) is 38.5. The van der Waals surface area contributed by atoms with Gasteiger partial charge in [0.25, 0.3) is 35.4 Å². The number of hydrogen-bond acceptors (Lipinski definition) is 14. The third-order valence-corrected chi connectivity index (χ3v) is 11.5. The van der Waals surface area contributed by atoms with Crippen LogP contribution in [-0.4, -0.2) is 159 Å². The minimum Gasteiger partial charge on any atom is -0.441 e. The van der Waals surface area contributed by atoms with E-state index in [1.165, 1.54) is 0 Å². The van der Waals surface area contributed by atoms with Crippen LogP contribution in [-0.2, 0) is 68.6 Å². The summed E-state index contributed by atoms with van der Waals surface area (Å²) in [5, 5.41) is 13.1. The minimum absolute atomic E-state index is 0.0407. The second-order valence-corrected chi connectivity index (χ2v) is 16.3. The molecule has 1 atom stereocenters. The SMILES string of the molecule is O=C(CCN1C(=O)C=CC1=O)NCC(CNC(=O)CCN1C(=O)C=CC1=O)(CNC(=O)CCN1C(=O)C=CC1=O)C(=O)NCCOCCOCCNC(=O)O[C@@H]1Cc2ccccc2C#Cc2ccccc21. The fraction of sp³-hybridized carbons (Fsp3) is 0.367. The van der Waals surface area contributed by atoms with E-state index in [4.69, 9.17) is 14.2 Å². The van der Waals surface area contributed by atoms with E-state index in [-0.39, 0.29) is 78.4 Å². The Kier molecular flexibility index (Phi) is 18.6. The number of fused-ring (bicyclic) bond motifs is 2. The summed E-state index contributed by atoms with van der Waals surface area (Å²) in [5.41, 5.74) is 1.55. The van der Waals surface area contributed by atoms with E-state index in [0.717, 1.165) is 73.4 Å². The van der Waals surface area contributed by atoms with Crippen molar-refractivity contribution < 1.29 is 67.0 Å². The van der Waals surface area contributed by atoms with Gasteiger partial charge in [0.1, 0.15) is 11.5 Å². The molecule has 3 aliphatic heterocycles. The molecule has 6 rings (SSSR count). The number of nitrogens with one attached hydrogen (secondary N) is 5. The second-order valence-electron chi connectivity index (χ2n) is 16.3. The van der Waals surface area contributed by atoms with Crippen molar-refractivity contribution in [1.29, 1.82) is 0 Å². The van der Waals surface area contributed by atoms with Crippen LogP contribution >= 0.6 is 0 Å². The van der Waals surface area contributed by atoms with Crippen molar-refractivity contribution in [3.8, 4) is 11.8 Å². The van der Waals surface area contributed by atoms with Crippen LogP contribution in [0.4, 0.5) is 4.79 Å². The average Bonchev–Trinajstić information content (AvgIpc) is 3.99. The maximum absolute atomic E-state index is 14.2. The Morgan fingerprint density at radius 3 is 1.41 bits per heavy atom. The topological polar surface area (TPSA) is 285 Å². The fourth-order valence-electron chi connectivity index (χ4n) is 7.50. The number of ether oxygens (including phenoxy) is 3. The molecule has 3 heterocycles. The predicted octanol–water partition coefficient (Wildman–Crippen LogP) is -1.16. The summed E-state index contributed by atoms with van der Waals surface area (Å²) in [7, 11) is 0. The molecule has 2 aromatic rings. The van der Waals surface area contributed by atoms with Crippen LogP contribution in [0.25, 0.3) is 0 Å². The van der Waals surface area contributed by atoms with E-state index in [1.54, 1.807) is 0 Å². The number of carbonyl (C=O) groups is 11. The smallest absolute Gasteiger partial charge is 0.407 e. The lowest BCUT2D eigenvalue weighted by Crippen LogP contribution is -2.59. The van der Waals surface area contributed by atoms with Crippen LogP contribution in [0.2, 0.25) is 0 Å². The predicted molar refractivity (Wildman–Crippen MR) is 247 cm³/mol. The zero-order valence-corrected chi connectivity index (χ0v) is 38.5. The molecule has 0 fully saturated rings. The first-order chi connectivity index (χ1) is 34.2. The van der Waals surface area contributed by atoms with Crippen molar-refractivity contribution >= 4 is 65.2 Å². The Balaban J connectivity index is 0.997. The fourth-order valence-corrected chi connectivity index (χ4v) is 7.50. The summed E-state index contributed by atoms with van der Waals surface area (Å²) in [6.07, 6.45) is 4.52. The highest BCUT2D eigenvalue weighted by molar-refractivity contribution is 6.14. The molecule has 0 radical (unpaired) electrons. The summed E-state index contributed by atoms with van der Waals surface area (Å²) in [6.45, 7) is -2.04. The van der Waals surface area contributed by atoms with Gasteiger partial charge in [-0.25, -0.2) is 4.79 Å². The lowest BCUT2D eigenvalue weighted by Gasteiger charge is -2.33. The molecular weight excluding hydrogens is 925 g/mol. The van der Waals surface area contributed by atoms with Gasteiger partial charge in [-0.1, -0.05) is 48.2 Å². The number of imide groups is 3. The van der Waals surface area contributed by atoms with Crippen molar-refractivity contribution in [2.45, 2.75) is 31.8 Å². The Bertz CT molecular complexity index is 2390. The standard InChI is InChI=1S/C49H52N8O14/c58-38(17-22-55-41(61)11-12-42(55)62)52-30-49(31-53-39(59)18-23-56-43(63)13-14-44(56)64,32-54-40(60)19-24-57-45(65)15-16-46(57)66)47(67)50-20-25-69-27-28-70-26-21-51-48(68)71-37-29-35-7-2-1-5-33(35)9-10-34-6-3-4-8-36(34)37/h1-8,11-16,37H,17-32H2,(H,50,67)(H,51,68)(H,52,58)(H,53,59)(H,54,60)/t37-/m1/s1. The molecule has 4 aliphatic rings. The van der Waals surface area contributed by atoms with Crippen LogP contribution in [0.15, 0.2) is 85.0 Å². The molecule has 22 heteroatoms. The first-order valence-electron chi connectivity index (χ1n) is 22.7. The van der Waals surface area contributed by atoms with Gasteiger partial charge in [-0.2, -0.15) is 0 Å².